The molecule has 0 radical (unpaired) electrons. The molecule has 0 rings (SSSR count). The van der Waals surface area contributed by atoms with Gasteiger partial charge in [0.1, 0.15) is 0 Å². The Labute approximate surface area is 151 Å². The molecular weight excluding hydrogens is 298 g/mol. The maximum absolute atomic E-state index is 11.3. The lowest BCUT2D eigenvalue weighted by Gasteiger charge is -2.07. The Morgan fingerprint density at radius 2 is 1.17 bits per heavy atom. The SMILES string of the molecule is CC#N.CCCCCCCCCCCCCCCC(=O)OC(C)C. The fraction of sp³-hybridized carbons (Fsp3) is 0.905. The molecule has 0 saturated heterocycles. The molecule has 0 aromatic rings. The van der Waals surface area contributed by atoms with E-state index in [0.29, 0.717) is 6.42 Å². The van der Waals surface area contributed by atoms with Crippen molar-refractivity contribution in [2.24, 2.45) is 0 Å². The van der Waals surface area contributed by atoms with Gasteiger partial charge in [-0.1, -0.05) is 84.0 Å². The largest absolute Gasteiger partial charge is 0.463 e. The minimum absolute atomic E-state index is 0.0273. The molecule has 0 unspecified atom stereocenters. The average Bonchev–Trinajstić information content (AvgIpc) is 2.52. The van der Waals surface area contributed by atoms with Crippen molar-refractivity contribution in [1.82, 2.24) is 0 Å². The molecule has 0 fully saturated rings. The van der Waals surface area contributed by atoms with Crippen LogP contribution in [0, 0.1) is 11.3 Å². The molecule has 0 aliphatic rings. The van der Waals surface area contributed by atoms with Gasteiger partial charge in [-0.3, -0.25) is 4.79 Å². The summed E-state index contributed by atoms with van der Waals surface area (Å²) in [6.45, 7) is 7.51. The summed E-state index contributed by atoms with van der Waals surface area (Å²) in [5.74, 6) is -0.0342. The van der Waals surface area contributed by atoms with E-state index in [0.717, 1.165) is 6.42 Å². The van der Waals surface area contributed by atoms with Crippen molar-refractivity contribution in [3.63, 3.8) is 0 Å². The second-order valence-electron chi connectivity index (χ2n) is 6.75. The summed E-state index contributed by atoms with van der Waals surface area (Å²) >= 11 is 0. The lowest BCUT2D eigenvalue weighted by Crippen LogP contribution is -2.10. The van der Waals surface area contributed by atoms with Gasteiger partial charge in [0, 0.05) is 13.3 Å². The molecule has 0 bridgehead atoms. The van der Waals surface area contributed by atoms with Gasteiger partial charge in [0.25, 0.3) is 0 Å². The summed E-state index contributed by atoms with van der Waals surface area (Å²) < 4.78 is 5.12. The highest BCUT2D eigenvalue weighted by Crippen LogP contribution is 2.13. The zero-order valence-electron chi connectivity index (χ0n) is 16.7. The Bertz CT molecular complexity index is 295. The first-order valence-corrected chi connectivity index (χ1v) is 10.1. The highest BCUT2D eigenvalue weighted by Gasteiger charge is 2.04. The highest BCUT2D eigenvalue weighted by molar-refractivity contribution is 5.69. The average molecular weight is 340 g/mol. The molecule has 0 aliphatic carbocycles. The topological polar surface area (TPSA) is 50.1 Å². The molecule has 142 valence electrons. The zero-order valence-corrected chi connectivity index (χ0v) is 16.7. The standard InChI is InChI=1S/C19H38O2.C2H3N/c1-4-5-6-7-8-9-10-11-12-13-14-15-16-17-19(20)21-18(2)3;1-2-3/h18H,4-17H2,1-3H3;1H3. The molecule has 0 atom stereocenters. The van der Waals surface area contributed by atoms with Gasteiger partial charge in [0.15, 0.2) is 0 Å². The van der Waals surface area contributed by atoms with Crippen molar-refractivity contribution in [3.8, 4) is 6.07 Å². The number of rotatable bonds is 15. The predicted molar refractivity (Wildman–Crippen MR) is 103 cm³/mol. The Morgan fingerprint density at radius 1 is 0.833 bits per heavy atom. The van der Waals surface area contributed by atoms with Gasteiger partial charge < -0.3 is 4.74 Å². The molecule has 0 N–H and O–H groups in total. The van der Waals surface area contributed by atoms with Crippen LogP contribution < -0.4 is 0 Å². The van der Waals surface area contributed by atoms with E-state index in [9.17, 15) is 4.79 Å². The zero-order chi connectivity index (χ0) is 18.5. The quantitative estimate of drug-likeness (QED) is 0.239. The first-order valence-electron chi connectivity index (χ1n) is 10.1. The molecule has 0 saturated carbocycles. The smallest absolute Gasteiger partial charge is 0.306 e. The van der Waals surface area contributed by atoms with Crippen molar-refractivity contribution >= 4 is 5.97 Å². The fourth-order valence-electron chi connectivity index (χ4n) is 2.61. The molecular formula is C21H41NO2. The number of nitrogens with zero attached hydrogens (tertiary/aromatic N) is 1. The normalized spacial score (nSPS) is 10.0. The second-order valence-corrected chi connectivity index (χ2v) is 6.75. The van der Waals surface area contributed by atoms with Crippen LogP contribution in [0.4, 0.5) is 0 Å². The molecule has 0 aromatic carbocycles. The molecule has 0 spiro atoms. The third-order valence-corrected chi connectivity index (χ3v) is 3.85. The van der Waals surface area contributed by atoms with Gasteiger partial charge in [-0.05, 0) is 20.3 Å². The summed E-state index contributed by atoms with van der Waals surface area (Å²) in [6, 6.07) is 1.75. The van der Waals surface area contributed by atoms with Crippen LogP contribution in [0.25, 0.3) is 0 Å². The number of ether oxygens (including phenoxy) is 1. The molecule has 3 nitrogen and oxygen atoms in total. The summed E-state index contributed by atoms with van der Waals surface area (Å²) in [4.78, 5) is 11.3. The van der Waals surface area contributed by atoms with Crippen molar-refractivity contribution in [2.45, 2.75) is 124 Å². The van der Waals surface area contributed by atoms with E-state index in [2.05, 4.69) is 6.92 Å². The fourth-order valence-corrected chi connectivity index (χ4v) is 2.61. The lowest BCUT2D eigenvalue weighted by molar-refractivity contribution is -0.147. The van der Waals surface area contributed by atoms with E-state index < -0.39 is 0 Å². The van der Waals surface area contributed by atoms with Crippen LogP contribution in [0.2, 0.25) is 0 Å². The maximum Gasteiger partial charge on any atom is 0.306 e. The van der Waals surface area contributed by atoms with Crippen molar-refractivity contribution in [3.05, 3.63) is 0 Å². The number of unbranched alkanes of at least 4 members (excludes halogenated alkanes) is 12. The molecule has 0 heterocycles. The summed E-state index contributed by atoms with van der Waals surface area (Å²) in [5.41, 5.74) is 0. The Morgan fingerprint density at radius 3 is 1.50 bits per heavy atom. The molecule has 0 aliphatic heterocycles. The van der Waals surface area contributed by atoms with Crippen LogP contribution >= 0.6 is 0 Å². The van der Waals surface area contributed by atoms with Crippen LogP contribution in [-0.4, -0.2) is 12.1 Å². The van der Waals surface area contributed by atoms with E-state index in [4.69, 9.17) is 10.00 Å². The molecule has 3 heteroatoms. The van der Waals surface area contributed by atoms with Crippen LogP contribution in [-0.2, 0) is 9.53 Å². The first kappa shape index (κ1) is 25.2. The third-order valence-electron chi connectivity index (χ3n) is 3.85. The third kappa shape index (κ3) is 25.9. The Hall–Kier alpha value is -1.04. The molecule has 0 amide bonds. The number of hydrogen-bond donors (Lipinski definition) is 0. The van der Waals surface area contributed by atoms with Gasteiger partial charge in [-0.25, -0.2) is 0 Å². The van der Waals surface area contributed by atoms with Gasteiger partial charge in [-0.2, -0.15) is 5.26 Å². The van der Waals surface area contributed by atoms with Crippen LogP contribution in [0.3, 0.4) is 0 Å². The van der Waals surface area contributed by atoms with E-state index in [1.165, 1.54) is 84.0 Å². The van der Waals surface area contributed by atoms with E-state index in [-0.39, 0.29) is 12.1 Å². The summed E-state index contributed by atoms with van der Waals surface area (Å²) in [6.07, 6.45) is 18.0. The number of hydrogen-bond acceptors (Lipinski definition) is 3. The van der Waals surface area contributed by atoms with E-state index >= 15 is 0 Å². The molecule has 0 aromatic heterocycles. The number of esters is 1. The minimum Gasteiger partial charge on any atom is -0.463 e. The summed E-state index contributed by atoms with van der Waals surface area (Å²) in [5, 5.41) is 7.32. The predicted octanol–water partition coefficient (Wildman–Crippen LogP) is 6.95. The Balaban J connectivity index is 0. The molecule has 24 heavy (non-hydrogen) atoms. The minimum atomic E-state index is -0.0342. The van der Waals surface area contributed by atoms with E-state index in [1.807, 2.05) is 13.8 Å². The number of nitriles is 1. The van der Waals surface area contributed by atoms with Gasteiger partial charge >= 0.3 is 5.97 Å². The number of carbonyl (C=O) groups excluding carboxylic acids is 1. The first-order chi connectivity index (χ1) is 11.6. The summed E-state index contributed by atoms with van der Waals surface area (Å²) in [7, 11) is 0. The van der Waals surface area contributed by atoms with Crippen LogP contribution in [0.15, 0.2) is 0 Å². The monoisotopic (exact) mass is 339 g/mol. The van der Waals surface area contributed by atoms with Crippen molar-refractivity contribution in [1.29, 1.82) is 5.26 Å². The highest BCUT2D eigenvalue weighted by atomic mass is 16.5. The van der Waals surface area contributed by atoms with E-state index in [1.54, 1.807) is 6.07 Å². The van der Waals surface area contributed by atoms with Crippen LogP contribution in [0.5, 0.6) is 0 Å². The van der Waals surface area contributed by atoms with Crippen molar-refractivity contribution < 1.29 is 9.53 Å². The van der Waals surface area contributed by atoms with Crippen molar-refractivity contribution in [2.75, 3.05) is 0 Å². The van der Waals surface area contributed by atoms with Gasteiger partial charge in [0.05, 0.1) is 12.2 Å². The second kappa shape index (κ2) is 22.0. The van der Waals surface area contributed by atoms with Gasteiger partial charge in [-0.15, -0.1) is 0 Å². The van der Waals surface area contributed by atoms with Crippen LogP contribution in [0.1, 0.15) is 118 Å². The number of carbonyl (C=O) groups is 1. The maximum atomic E-state index is 11.3. The van der Waals surface area contributed by atoms with Gasteiger partial charge in [0.2, 0.25) is 0 Å². The lowest BCUT2D eigenvalue weighted by atomic mass is 10.0. The Kier molecular flexibility index (Phi) is 23.1.